The van der Waals surface area contributed by atoms with Crippen molar-refractivity contribution in [2.45, 2.75) is 0 Å². The maximum absolute atomic E-state index is 5.94. The zero-order valence-corrected chi connectivity index (χ0v) is 14.5. The van der Waals surface area contributed by atoms with Gasteiger partial charge in [-0.1, -0.05) is 39.7 Å². The summed E-state index contributed by atoms with van der Waals surface area (Å²) >= 11 is 9.41. The molecule has 2 aromatic rings. The Labute approximate surface area is 144 Å². The van der Waals surface area contributed by atoms with Crippen LogP contribution in [0.3, 0.4) is 0 Å². The lowest BCUT2D eigenvalue weighted by Gasteiger charge is -2.34. The Morgan fingerprint density at radius 2 is 1.73 bits per heavy atom. The topological polar surface area (TPSA) is 18.8 Å². The van der Waals surface area contributed by atoms with Gasteiger partial charge in [-0.2, -0.15) is 5.10 Å². The summed E-state index contributed by atoms with van der Waals surface area (Å²) < 4.78 is 1.07. The van der Waals surface area contributed by atoms with Crippen LogP contribution in [0.25, 0.3) is 0 Å². The van der Waals surface area contributed by atoms with Gasteiger partial charge in [0.15, 0.2) is 0 Å². The van der Waals surface area contributed by atoms with Crippen LogP contribution in [0.15, 0.2) is 58.1 Å². The Hall–Kier alpha value is -1.52. The van der Waals surface area contributed by atoms with E-state index in [1.54, 1.807) is 0 Å². The highest BCUT2D eigenvalue weighted by Gasteiger charge is 2.15. The molecule has 0 bridgehead atoms. The standard InChI is InChI=1S/C17H17BrClN3/c18-15-3-1-2-14(12-15)13-20-22-10-8-21(9-11-22)17-6-4-16(19)5-7-17/h1-7,12-13H,8-11H2. The van der Waals surface area contributed by atoms with Crippen LogP contribution in [-0.2, 0) is 0 Å². The highest BCUT2D eigenvalue weighted by atomic mass is 79.9. The number of benzene rings is 2. The maximum atomic E-state index is 5.94. The van der Waals surface area contributed by atoms with E-state index in [0.717, 1.165) is 41.2 Å². The van der Waals surface area contributed by atoms with Gasteiger partial charge in [0.25, 0.3) is 0 Å². The largest absolute Gasteiger partial charge is 0.368 e. The molecule has 3 nitrogen and oxygen atoms in total. The fraction of sp³-hybridized carbons (Fsp3) is 0.235. The molecule has 0 atom stereocenters. The minimum Gasteiger partial charge on any atom is -0.368 e. The Morgan fingerprint density at radius 1 is 1.00 bits per heavy atom. The summed E-state index contributed by atoms with van der Waals surface area (Å²) in [5.74, 6) is 0. The Balaban J connectivity index is 1.56. The second-order valence-corrected chi connectivity index (χ2v) is 6.57. The van der Waals surface area contributed by atoms with Crippen LogP contribution in [0.1, 0.15) is 5.56 Å². The van der Waals surface area contributed by atoms with Gasteiger partial charge in [-0.15, -0.1) is 0 Å². The monoisotopic (exact) mass is 377 g/mol. The third kappa shape index (κ3) is 4.02. The lowest BCUT2D eigenvalue weighted by molar-refractivity contribution is 0.272. The second-order valence-electron chi connectivity index (χ2n) is 5.22. The van der Waals surface area contributed by atoms with Crippen molar-refractivity contribution in [3.8, 4) is 0 Å². The third-order valence-corrected chi connectivity index (χ3v) is 4.41. The van der Waals surface area contributed by atoms with E-state index >= 15 is 0 Å². The maximum Gasteiger partial charge on any atom is 0.0543 e. The molecule has 3 rings (SSSR count). The fourth-order valence-electron chi connectivity index (χ4n) is 2.46. The first-order valence-corrected chi connectivity index (χ1v) is 8.43. The SMILES string of the molecule is Clc1ccc(N2CCN(N=Cc3cccc(Br)c3)CC2)cc1. The molecule has 1 fully saturated rings. The number of rotatable bonds is 3. The normalized spacial score (nSPS) is 15.5. The number of anilines is 1. The fourth-order valence-corrected chi connectivity index (χ4v) is 3.00. The van der Waals surface area contributed by atoms with Crippen molar-refractivity contribution in [2.75, 3.05) is 31.1 Å². The molecule has 1 saturated heterocycles. The summed E-state index contributed by atoms with van der Waals surface area (Å²) in [6.45, 7) is 3.79. The van der Waals surface area contributed by atoms with E-state index in [0.29, 0.717) is 0 Å². The minimum atomic E-state index is 0.779. The molecule has 5 heteroatoms. The zero-order valence-electron chi connectivity index (χ0n) is 12.1. The molecule has 0 radical (unpaired) electrons. The van der Waals surface area contributed by atoms with Gasteiger partial charge in [0.2, 0.25) is 0 Å². The van der Waals surface area contributed by atoms with Crippen molar-refractivity contribution in [1.82, 2.24) is 5.01 Å². The van der Waals surface area contributed by atoms with Crippen LogP contribution in [0.4, 0.5) is 5.69 Å². The van der Waals surface area contributed by atoms with Crippen molar-refractivity contribution < 1.29 is 0 Å². The first-order chi connectivity index (χ1) is 10.7. The van der Waals surface area contributed by atoms with E-state index in [4.69, 9.17) is 11.6 Å². The summed E-state index contributed by atoms with van der Waals surface area (Å²) in [4.78, 5) is 2.36. The Bertz CT molecular complexity index is 649. The van der Waals surface area contributed by atoms with Gasteiger partial charge < -0.3 is 4.90 Å². The highest BCUT2D eigenvalue weighted by Crippen LogP contribution is 2.19. The summed E-state index contributed by atoms with van der Waals surface area (Å²) in [5, 5.41) is 7.47. The van der Waals surface area contributed by atoms with E-state index in [1.165, 1.54) is 5.69 Å². The van der Waals surface area contributed by atoms with E-state index in [9.17, 15) is 0 Å². The molecule has 114 valence electrons. The molecular weight excluding hydrogens is 362 g/mol. The van der Waals surface area contributed by atoms with Crippen LogP contribution in [-0.4, -0.2) is 37.4 Å². The van der Waals surface area contributed by atoms with Crippen molar-refractivity contribution in [2.24, 2.45) is 5.10 Å². The Morgan fingerprint density at radius 3 is 2.41 bits per heavy atom. The molecule has 1 heterocycles. The molecule has 1 aliphatic rings. The van der Waals surface area contributed by atoms with E-state index in [1.807, 2.05) is 30.5 Å². The molecular formula is C17H17BrClN3. The summed E-state index contributed by atoms with van der Waals surface area (Å²) in [6.07, 6.45) is 1.92. The van der Waals surface area contributed by atoms with E-state index in [2.05, 4.69) is 55.2 Å². The lowest BCUT2D eigenvalue weighted by atomic mass is 10.2. The molecule has 0 aromatic heterocycles. The molecule has 0 spiro atoms. The molecule has 0 aliphatic carbocycles. The van der Waals surface area contributed by atoms with E-state index < -0.39 is 0 Å². The molecule has 1 aliphatic heterocycles. The van der Waals surface area contributed by atoms with Gasteiger partial charge in [0, 0.05) is 28.3 Å². The average Bonchev–Trinajstić information content (AvgIpc) is 2.54. The van der Waals surface area contributed by atoms with Crippen molar-refractivity contribution >= 4 is 39.4 Å². The van der Waals surface area contributed by atoms with Gasteiger partial charge in [0.1, 0.15) is 0 Å². The molecule has 0 saturated carbocycles. The van der Waals surface area contributed by atoms with Gasteiger partial charge in [0.05, 0.1) is 19.3 Å². The quantitative estimate of drug-likeness (QED) is 0.743. The van der Waals surface area contributed by atoms with Crippen molar-refractivity contribution in [1.29, 1.82) is 0 Å². The Kier molecular flexibility index (Phi) is 5.01. The van der Waals surface area contributed by atoms with Crippen LogP contribution in [0.2, 0.25) is 5.02 Å². The highest BCUT2D eigenvalue weighted by molar-refractivity contribution is 9.10. The average molecular weight is 379 g/mol. The number of hydrogen-bond donors (Lipinski definition) is 0. The smallest absolute Gasteiger partial charge is 0.0543 e. The molecule has 0 unspecified atom stereocenters. The first kappa shape index (κ1) is 15.4. The summed E-state index contributed by atoms with van der Waals surface area (Å²) in [7, 11) is 0. The predicted octanol–water partition coefficient (Wildman–Crippen LogP) is 4.26. The molecule has 0 N–H and O–H groups in total. The molecule has 22 heavy (non-hydrogen) atoms. The summed E-state index contributed by atoms with van der Waals surface area (Å²) in [6, 6.07) is 16.2. The van der Waals surface area contributed by atoms with Gasteiger partial charge in [-0.25, -0.2) is 0 Å². The van der Waals surface area contributed by atoms with Crippen molar-refractivity contribution in [3.05, 3.63) is 63.6 Å². The lowest BCUT2D eigenvalue weighted by Crippen LogP contribution is -2.44. The predicted molar refractivity (Wildman–Crippen MR) is 97.0 cm³/mol. The first-order valence-electron chi connectivity index (χ1n) is 7.26. The van der Waals surface area contributed by atoms with Gasteiger partial charge >= 0.3 is 0 Å². The number of piperazine rings is 1. The molecule has 0 amide bonds. The van der Waals surface area contributed by atoms with Gasteiger partial charge in [-0.05, 0) is 42.0 Å². The number of halogens is 2. The summed E-state index contributed by atoms with van der Waals surface area (Å²) in [5.41, 5.74) is 2.33. The number of hydrogen-bond acceptors (Lipinski definition) is 3. The van der Waals surface area contributed by atoms with Crippen molar-refractivity contribution in [3.63, 3.8) is 0 Å². The minimum absolute atomic E-state index is 0.779. The van der Waals surface area contributed by atoms with E-state index in [-0.39, 0.29) is 0 Å². The molecule has 2 aromatic carbocycles. The van der Waals surface area contributed by atoms with Gasteiger partial charge in [-0.3, -0.25) is 5.01 Å². The number of hydrazone groups is 1. The van der Waals surface area contributed by atoms with Crippen LogP contribution < -0.4 is 4.90 Å². The van der Waals surface area contributed by atoms with Crippen LogP contribution >= 0.6 is 27.5 Å². The second kappa shape index (κ2) is 7.16. The number of nitrogens with zero attached hydrogens (tertiary/aromatic N) is 3. The van der Waals surface area contributed by atoms with Crippen LogP contribution in [0, 0.1) is 0 Å². The zero-order chi connectivity index (χ0) is 15.4. The van der Waals surface area contributed by atoms with Crippen LogP contribution in [0.5, 0.6) is 0 Å². The third-order valence-electron chi connectivity index (χ3n) is 3.67.